The van der Waals surface area contributed by atoms with Crippen LogP contribution in [0, 0.1) is 5.92 Å². The van der Waals surface area contributed by atoms with E-state index >= 15 is 0 Å². The number of hydrogen-bond acceptors (Lipinski definition) is 1. The molecule has 1 aromatic rings. The Hall–Kier alpha value is -0.530. The lowest BCUT2D eigenvalue weighted by Gasteiger charge is -2.25. The summed E-state index contributed by atoms with van der Waals surface area (Å²) in [7, 11) is 0. The van der Waals surface area contributed by atoms with E-state index in [1.165, 1.54) is 6.42 Å². The molecular formula is C14H22ClN. The highest BCUT2D eigenvalue weighted by Gasteiger charge is 2.20. The summed E-state index contributed by atoms with van der Waals surface area (Å²) in [4.78, 5) is 0. The van der Waals surface area contributed by atoms with Crippen LogP contribution >= 0.6 is 11.6 Å². The van der Waals surface area contributed by atoms with E-state index in [2.05, 4.69) is 26.8 Å². The van der Waals surface area contributed by atoms with Gasteiger partial charge >= 0.3 is 0 Å². The summed E-state index contributed by atoms with van der Waals surface area (Å²) in [6.45, 7) is 6.57. The van der Waals surface area contributed by atoms with Crippen molar-refractivity contribution in [1.82, 2.24) is 0 Å². The van der Waals surface area contributed by atoms with Gasteiger partial charge in [0.05, 0.1) is 0 Å². The molecule has 0 heterocycles. The first-order chi connectivity index (χ1) is 7.42. The summed E-state index contributed by atoms with van der Waals surface area (Å²) >= 11 is 5.98. The second-order valence-electron chi connectivity index (χ2n) is 5.21. The molecule has 1 rings (SSSR count). The molecular weight excluding hydrogens is 218 g/mol. The maximum atomic E-state index is 6.33. The first kappa shape index (κ1) is 13.5. The topological polar surface area (TPSA) is 26.0 Å². The number of nitrogens with two attached hydrogens (primary N) is 1. The summed E-state index contributed by atoms with van der Waals surface area (Å²) in [5, 5.41) is 0.762. The monoisotopic (exact) mass is 239 g/mol. The summed E-state index contributed by atoms with van der Waals surface area (Å²) < 4.78 is 0. The van der Waals surface area contributed by atoms with E-state index in [-0.39, 0.29) is 5.54 Å². The van der Waals surface area contributed by atoms with Crippen LogP contribution in [-0.4, -0.2) is 0 Å². The molecule has 1 atom stereocenters. The Morgan fingerprint density at radius 3 is 2.62 bits per heavy atom. The average molecular weight is 240 g/mol. The van der Waals surface area contributed by atoms with E-state index in [1.807, 2.05) is 18.2 Å². The molecule has 16 heavy (non-hydrogen) atoms. The van der Waals surface area contributed by atoms with Gasteiger partial charge in [-0.25, -0.2) is 0 Å². The van der Waals surface area contributed by atoms with Gasteiger partial charge in [-0.15, -0.1) is 0 Å². The van der Waals surface area contributed by atoms with Crippen molar-refractivity contribution in [3.63, 3.8) is 0 Å². The van der Waals surface area contributed by atoms with E-state index in [1.54, 1.807) is 0 Å². The van der Waals surface area contributed by atoms with Gasteiger partial charge in [0.15, 0.2) is 0 Å². The van der Waals surface area contributed by atoms with E-state index in [4.69, 9.17) is 17.3 Å². The van der Waals surface area contributed by atoms with Crippen molar-refractivity contribution < 1.29 is 0 Å². The molecule has 0 aliphatic heterocycles. The van der Waals surface area contributed by atoms with Gasteiger partial charge in [-0.05, 0) is 37.0 Å². The van der Waals surface area contributed by atoms with Crippen LogP contribution in [0.5, 0.6) is 0 Å². The van der Waals surface area contributed by atoms with Crippen LogP contribution in [0.25, 0.3) is 0 Å². The van der Waals surface area contributed by atoms with Gasteiger partial charge in [0.1, 0.15) is 0 Å². The highest BCUT2D eigenvalue weighted by Crippen LogP contribution is 2.26. The van der Waals surface area contributed by atoms with Crippen LogP contribution in [-0.2, 0) is 5.54 Å². The molecule has 1 aromatic carbocycles. The molecule has 0 spiro atoms. The molecule has 2 N–H and O–H groups in total. The van der Waals surface area contributed by atoms with Crippen molar-refractivity contribution >= 4 is 11.6 Å². The fraction of sp³-hybridized carbons (Fsp3) is 0.571. The minimum atomic E-state index is -0.264. The third-order valence-corrected chi connectivity index (χ3v) is 3.20. The van der Waals surface area contributed by atoms with Crippen molar-refractivity contribution in [2.24, 2.45) is 11.7 Å². The van der Waals surface area contributed by atoms with E-state index in [0.29, 0.717) is 0 Å². The lowest BCUT2D eigenvalue weighted by molar-refractivity contribution is 0.406. The van der Waals surface area contributed by atoms with Gasteiger partial charge in [-0.2, -0.15) is 0 Å². The van der Waals surface area contributed by atoms with Crippen molar-refractivity contribution in [3.05, 3.63) is 34.9 Å². The van der Waals surface area contributed by atoms with Crippen LogP contribution in [0.15, 0.2) is 24.3 Å². The summed E-state index contributed by atoms with van der Waals surface area (Å²) in [6, 6.07) is 7.87. The minimum Gasteiger partial charge on any atom is -0.322 e. The lowest BCUT2D eigenvalue weighted by atomic mass is 9.87. The van der Waals surface area contributed by atoms with Crippen molar-refractivity contribution in [2.45, 2.75) is 45.6 Å². The Labute approximate surface area is 104 Å². The van der Waals surface area contributed by atoms with Crippen molar-refractivity contribution in [3.8, 4) is 0 Å². The molecule has 0 bridgehead atoms. The molecule has 0 aliphatic carbocycles. The van der Waals surface area contributed by atoms with Gasteiger partial charge in [-0.1, -0.05) is 50.4 Å². The Morgan fingerprint density at radius 1 is 1.38 bits per heavy atom. The highest BCUT2D eigenvalue weighted by atomic mass is 35.5. The molecule has 90 valence electrons. The van der Waals surface area contributed by atoms with Crippen molar-refractivity contribution in [2.75, 3.05) is 0 Å². The second kappa shape index (κ2) is 5.70. The smallest absolute Gasteiger partial charge is 0.0409 e. The van der Waals surface area contributed by atoms with Gasteiger partial charge < -0.3 is 5.73 Å². The van der Waals surface area contributed by atoms with Crippen molar-refractivity contribution in [1.29, 1.82) is 0 Å². The highest BCUT2D eigenvalue weighted by molar-refractivity contribution is 6.30. The Kier molecular flexibility index (Phi) is 4.82. The standard InChI is InChI=1S/C14H22ClN/c1-11(2)6-5-9-14(3,16)12-7-4-8-13(15)10-12/h4,7-8,10-11H,5-6,9,16H2,1-3H3. The first-order valence-electron chi connectivity index (χ1n) is 5.97. The van der Waals surface area contributed by atoms with Gasteiger partial charge in [-0.3, -0.25) is 0 Å². The van der Waals surface area contributed by atoms with Gasteiger partial charge in [0.2, 0.25) is 0 Å². The average Bonchev–Trinajstić information content (AvgIpc) is 2.16. The third-order valence-electron chi connectivity index (χ3n) is 2.96. The zero-order valence-electron chi connectivity index (χ0n) is 10.5. The fourth-order valence-electron chi connectivity index (χ4n) is 1.87. The molecule has 2 heteroatoms. The number of halogens is 1. The molecule has 0 aliphatic rings. The predicted molar refractivity (Wildman–Crippen MR) is 71.7 cm³/mol. The van der Waals surface area contributed by atoms with Crippen LogP contribution in [0.4, 0.5) is 0 Å². The molecule has 0 fully saturated rings. The quantitative estimate of drug-likeness (QED) is 0.813. The predicted octanol–water partition coefficient (Wildman–Crippen LogP) is 4.34. The van der Waals surface area contributed by atoms with E-state index in [9.17, 15) is 0 Å². The maximum absolute atomic E-state index is 6.33. The van der Waals surface area contributed by atoms with Crippen LogP contribution in [0.3, 0.4) is 0 Å². The fourth-order valence-corrected chi connectivity index (χ4v) is 2.06. The summed E-state index contributed by atoms with van der Waals surface area (Å²) in [5.74, 6) is 0.746. The van der Waals surface area contributed by atoms with Crippen LogP contribution in [0.2, 0.25) is 5.02 Å². The molecule has 0 aromatic heterocycles. The number of hydrogen-bond donors (Lipinski definition) is 1. The second-order valence-corrected chi connectivity index (χ2v) is 5.65. The maximum Gasteiger partial charge on any atom is 0.0409 e. The SMILES string of the molecule is CC(C)CCCC(C)(N)c1cccc(Cl)c1. The Bertz CT molecular complexity index is 331. The molecule has 0 saturated carbocycles. The van der Waals surface area contributed by atoms with Crippen LogP contribution in [0.1, 0.15) is 45.6 Å². The van der Waals surface area contributed by atoms with Gasteiger partial charge in [0.25, 0.3) is 0 Å². The summed E-state index contributed by atoms with van der Waals surface area (Å²) in [5.41, 5.74) is 7.20. The zero-order valence-corrected chi connectivity index (χ0v) is 11.2. The van der Waals surface area contributed by atoms with Crippen LogP contribution < -0.4 is 5.73 Å². The minimum absolute atomic E-state index is 0.264. The molecule has 1 nitrogen and oxygen atoms in total. The summed E-state index contributed by atoms with van der Waals surface area (Å²) in [6.07, 6.45) is 3.40. The molecule has 1 unspecified atom stereocenters. The van der Waals surface area contributed by atoms with Gasteiger partial charge in [0, 0.05) is 10.6 Å². The Morgan fingerprint density at radius 2 is 2.06 bits per heavy atom. The third kappa shape index (κ3) is 4.15. The number of benzene rings is 1. The normalized spacial score (nSPS) is 15.1. The number of rotatable bonds is 5. The molecule has 0 saturated heterocycles. The largest absolute Gasteiger partial charge is 0.322 e. The zero-order chi connectivity index (χ0) is 12.2. The first-order valence-corrected chi connectivity index (χ1v) is 6.34. The molecule has 0 amide bonds. The van der Waals surface area contributed by atoms with E-state index in [0.717, 1.165) is 29.3 Å². The lowest BCUT2D eigenvalue weighted by Crippen LogP contribution is -2.32. The van der Waals surface area contributed by atoms with E-state index < -0.39 is 0 Å². The molecule has 0 radical (unpaired) electrons. The Balaban J connectivity index is 2.62.